The number of nitrogens with zero attached hydrogens (tertiary/aromatic N) is 2. The fourth-order valence-corrected chi connectivity index (χ4v) is 4.83. The molecule has 0 radical (unpaired) electrons. The molecule has 1 aliphatic rings. The molecule has 0 bridgehead atoms. The normalized spacial score (nSPS) is 22.9. The zero-order valence-electron chi connectivity index (χ0n) is 20.4. The second-order valence-electron chi connectivity index (χ2n) is 10.1. The molecule has 34 heavy (non-hydrogen) atoms. The summed E-state index contributed by atoms with van der Waals surface area (Å²) in [5, 5.41) is 10.1. The SMILES string of the molecule is Cc1cn([C@H]2C[C@@H](O[Si](C)(C)C(C)(C)C)[C@](C#N)(COC(=O)c3ccccc3)O2)c(=O)[nH]c1=O. The molecule has 1 aromatic carbocycles. The lowest BCUT2D eigenvalue weighted by Gasteiger charge is -2.40. The second-order valence-corrected chi connectivity index (χ2v) is 14.9. The van der Waals surface area contributed by atoms with Crippen molar-refractivity contribution < 1.29 is 18.7 Å². The van der Waals surface area contributed by atoms with Crippen molar-refractivity contribution >= 4 is 14.3 Å². The largest absolute Gasteiger partial charge is 0.458 e. The number of aromatic nitrogens is 2. The van der Waals surface area contributed by atoms with Crippen molar-refractivity contribution in [3.63, 3.8) is 0 Å². The fraction of sp³-hybridized carbons (Fsp3) is 0.500. The van der Waals surface area contributed by atoms with Crippen LogP contribution in [-0.4, -0.2) is 42.1 Å². The van der Waals surface area contributed by atoms with Crippen LogP contribution in [0.2, 0.25) is 18.1 Å². The van der Waals surface area contributed by atoms with Crippen molar-refractivity contribution in [1.29, 1.82) is 5.26 Å². The molecule has 0 unspecified atom stereocenters. The number of H-pyrrole nitrogens is 1. The quantitative estimate of drug-likeness (QED) is 0.492. The Morgan fingerprint density at radius 1 is 1.29 bits per heavy atom. The van der Waals surface area contributed by atoms with Crippen molar-refractivity contribution in [1.82, 2.24) is 9.55 Å². The molecule has 1 saturated heterocycles. The summed E-state index contributed by atoms with van der Waals surface area (Å²) in [6.45, 7) is 11.5. The van der Waals surface area contributed by atoms with Gasteiger partial charge in [-0.3, -0.25) is 14.3 Å². The van der Waals surface area contributed by atoms with E-state index in [-0.39, 0.29) is 18.1 Å². The average Bonchev–Trinajstić information content (AvgIpc) is 3.12. The van der Waals surface area contributed by atoms with Crippen molar-refractivity contribution in [2.75, 3.05) is 6.61 Å². The minimum absolute atomic E-state index is 0.154. The van der Waals surface area contributed by atoms with E-state index in [1.165, 1.54) is 10.8 Å². The predicted molar refractivity (Wildman–Crippen MR) is 128 cm³/mol. The molecule has 0 spiro atoms. The van der Waals surface area contributed by atoms with E-state index in [9.17, 15) is 19.6 Å². The lowest BCUT2D eigenvalue weighted by Crippen LogP contribution is -2.52. The van der Waals surface area contributed by atoms with Crippen LogP contribution in [0.1, 0.15) is 49.3 Å². The minimum Gasteiger partial charge on any atom is -0.458 e. The summed E-state index contributed by atoms with van der Waals surface area (Å²) in [6, 6.07) is 10.6. The number of aryl methyl sites for hydroxylation is 1. The number of nitriles is 1. The Balaban J connectivity index is 1.96. The minimum atomic E-state index is -2.38. The highest BCUT2D eigenvalue weighted by Gasteiger charge is 2.55. The predicted octanol–water partition coefficient (Wildman–Crippen LogP) is 3.27. The summed E-state index contributed by atoms with van der Waals surface area (Å²) in [7, 11) is -2.38. The first-order valence-electron chi connectivity index (χ1n) is 11.1. The molecule has 182 valence electrons. The zero-order valence-corrected chi connectivity index (χ0v) is 21.4. The molecule has 10 heteroatoms. The maximum absolute atomic E-state index is 12.6. The van der Waals surface area contributed by atoms with Gasteiger partial charge in [0.25, 0.3) is 5.56 Å². The van der Waals surface area contributed by atoms with Gasteiger partial charge in [-0.2, -0.15) is 5.26 Å². The molecule has 1 aromatic heterocycles. The third kappa shape index (κ3) is 5.06. The van der Waals surface area contributed by atoms with E-state index in [1.807, 2.05) is 0 Å². The number of carbonyl (C=O) groups excluding carboxylic acids is 1. The molecular weight excluding hydrogens is 454 g/mol. The third-order valence-corrected chi connectivity index (χ3v) is 11.1. The summed E-state index contributed by atoms with van der Waals surface area (Å²) in [5.74, 6) is -0.592. The van der Waals surface area contributed by atoms with E-state index in [2.05, 4.69) is 44.9 Å². The molecule has 2 aromatic rings. The van der Waals surface area contributed by atoms with Crippen LogP contribution >= 0.6 is 0 Å². The van der Waals surface area contributed by atoms with E-state index in [4.69, 9.17) is 13.9 Å². The number of nitrogens with one attached hydrogen (secondary N) is 1. The molecule has 9 nitrogen and oxygen atoms in total. The van der Waals surface area contributed by atoms with Gasteiger partial charge in [0.05, 0.1) is 11.7 Å². The van der Waals surface area contributed by atoms with Gasteiger partial charge in [0, 0.05) is 18.2 Å². The number of ether oxygens (including phenoxy) is 2. The third-order valence-electron chi connectivity index (χ3n) is 6.60. The zero-order chi connectivity index (χ0) is 25.3. The molecule has 1 aliphatic heterocycles. The molecule has 0 aliphatic carbocycles. The van der Waals surface area contributed by atoms with Gasteiger partial charge in [-0.25, -0.2) is 9.59 Å². The maximum Gasteiger partial charge on any atom is 0.338 e. The molecule has 0 amide bonds. The van der Waals surface area contributed by atoms with Gasteiger partial charge < -0.3 is 13.9 Å². The highest BCUT2D eigenvalue weighted by atomic mass is 28.4. The highest BCUT2D eigenvalue weighted by Crippen LogP contribution is 2.44. The molecule has 3 rings (SSSR count). The number of esters is 1. The topological polar surface area (TPSA) is 123 Å². The van der Waals surface area contributed by atoms with Crippen molar-refractivity contribution in [3.05, 3.63) is 68.5 Å². The van der Waals surface area contributed by atoms with Crippen LogP contribution in [-0.2, 0) is 13.9 Å². The van der Waals surface area contributed by atoms with Crippen LogP contribution in [0.15, 0.2) is 46.1 Å². The van der Waals surface area contributed by atoms with Crippen molar-refractivity contribution in [3.8, 4) is 6.07 Å². The number of aromatic amines is 1. The second kappa shape index (κ2) is 9.33. The number of hydrogen-bond donors (Lipinski definition) is 1. The number of carbonyl (C=O) groups is 1. The van der Waals surface area contributed by atoms with Gasteiger partial charge in [0.2, 0.25) is 5.60 Å². The first-order valence-corrected chi connectivity index (χ1v) is 14.0. The summed E-state index contributed by atoms with van der Waals surface area (Å²) in [6.07, 6.45) is -0.0634. The van der Waals surface area contributed by atoms with Crippen LogP contribution in [0, 0.1) is 18.3 Å². The number of benzene rings is 1. The lowest BCUT2D eigenvalue weighted by atomic mass is 9.99. The number of hydrogen-bond acceptors (Lipinski definition) is 7. The standard InChI is InChI=1S/C24H31N3O6Si/c1-16-13-27(22(30)26-20(16)28)19-12-18(33-34(5,6)23(2,3)4)24(14-25,32-19)15-31-21(29)17-10-8-7-9-11-17/h7-11,13,18-19H,12,15H2,1-6H3,(H,26,28,30)/t18-,19-,24+/m1/s1. The lowest BCUT2D eigenvalue weighted by molar-refractivity contribution is -0.0942. The van der Waals surface area contributed by atoms with Gasteiger partial charge in [-0.05, 0) is 37.2 Å². The Labute approximate surface area is 199 Å². The van der Waals surface area contributed by atoms with Gasteiger partial charge in [-0.15, -0.1) is 0 Å². The van der Waals surface area contributed by atoms with Crippen LogP contribution < -0.4 is 11.2 Å². The summed E-state index contributed by atoms with van der Waals surface area (Å²) in [5.41, 5.74) is -2.10. The first-order chi connectivity index (χ1) is 15.8. The van der Waals surface area contributed by atoms with Crippen molar-refractivity contribution in [2.24, 2.45) is 0 Å². The van der Waals surface area contributed by atoms with E-state index >= 15 is 0 Å². The van der Waals surface area contributed by atoms with Crippen molar-refractivity contribution in [2.45, 2.75) is 70.2 Å². The van der Waals surface area contributed by atoms with E-state index < -0.39 is 43.5 Å². The Hall–Kier alpha value is -3.00. The monoisotopic (exact) mass is 485 g/mol. The Morgan fingerprint density at radius 2 is 1.94 bits per heavy atom. The molecule has 0 saturated carbocycles. The van der Waals surface area contributed by atoms with E-state index in [1.54, 1.807) is 37.3 Å². The molecule has 2 heterocycles. The van der Waals surface area contributed by atoms with E-state index in [0.29, 0.717) is 11.1 Å². The van der Waals surface area contributed by atoms with Gasteiger partial charge in [0.15, 0.2) is 8.32 Å². The van der Waals surface area contributed by atoms with Gasteiger partial charge in [0.1, 0.15) is 18.9 Å². The van der Waals surface area contributed by atoms with Crippen LogP contribution in [0.5, 0.6) is 0 Å². The molecule has 3 atom stereocenters. The molecular formula is C24H31N3O6Si. The summed E-state index contributed by atoms with van der Waals surface area (Å²) < 4.78 is 19.4. The summed E-state index contributed by atoms with van der Waals surface area (Å²) in [4.78, 5) is 39.2. The van der Waals surface area contributed by atoms with Gasteiger partial charge in [-0.1, -0.05) is 39.0 Å². The van der Waals surface area contributed by atoms with Gasteiger partial charge >= 0.3 is 11.7 Å². The maximum atomic E-state index is 12.6. The highest BCUT2D eigenvalue weighted by molar-refractivity contribution is 6.74. The smallest absolute Gasteiger partial charge is 0.338 e. The Kier molecular flexibility index (Phi) is 7.03. The fourth-order valence-electron chi connectivity index (χ4n) is 3.47. The Morgan fingerprint density at radius 3 is 2.53 bits per heavy atom. The molecule has 1 N–H and O–H groups in total. The summed E-state index contributed by atoms with van der Waals surface area (Å²) >= 11 is 0. The first kappa shape index (κ1) is 25.6. The van der Waals surface area contributed by atoms with E-state index in [0.717, 1.165) is 0 Å². The molecule has 1 fully saturated rings. The number of rotatable bonds is 6. The Bertz CT molecular complexity index is 1210. The van der Waals surface area contributed by atoms with Crippen LogP contribution in [0.4, 0.5) is 0 Å². The van der Waals surface area contributed by atoms with Crippen LogP contribution in [0.25, 0.3) is 0 Å². The van der Waals surface area contributed by atoms with Crippen LogP contribution in [0.3, 0.4) is 0 Å². The average molecular weight is 486 g/mol.